The monoisotopic (exact) mass is 346 g/mol. The molecule has 3 rings (SSSR count). The summed E-state index contributed by atoms with van der Waals surface area (Å²) in [5.74, 6) is -0.125. The lowest BCUT2D eigenvalue weighted by atomic mass is 9.75. The third-order valence-corrected chi connectivity index (χ3v) is 5.32. The van der Waals surface area contributed by atoms with Crippen LogP contribution in [0.4, 0.5) is 0 Å². The van der Waals surface area contributed by atoms with Crippen molar-refractivity contribution in [3.05, 3.63) is 29.3 Å². The maximum absolute atomic E-state index is 12.6. The van der Waals surface area contributed by atoms with Crippen LogP contribution in [0.5, 0.6) is 0 Å². The maximum atomic E-state index is 12.6. The van der Waals surface area contributed by atoms with Crippen molar-refractivity contribution in [3.8, 4) is 0 Å². The molecule has 1 aromatic carbocycles. The fraction of sp³-hybridized carbons (Fsp3) is 0.611. The number of hydrazine groups is 1. The average molecular weight is 346 g/mol. The number of benzene rings is 1. The van der Waals surface area contributed by atoms with Crippen molar-refractivity contribution >= 4 is 18.5 Å². The molecule has 0 bridgehead atoms. The van der Waals surface area contributed by atoms with Crippen molar-refractivity contribution < 1.29 is 18.8 Å². The molecule has 0 aromatic heterocycles. The second-order valence-corrected chi connectivity index (χ2v) is 7.70. The summed E-state index contributed by atoms with van der Waals surface area (Å²) in [6, 6.07) is 5.64. The van der Waals surface area contributed by atoms with E-state index in [1.54, 1.807) is 0 Å². The molecular formula is C18H27BN2O4. The molecule has 2 aliphatic rings. The van der Waals surface area contributed by atoms with Gasteiger partial charge in [-0.25, -0.2) is 5.01 Å². The van der Waals surface area contributed by atoms with Crippen LogP contribution in [-0.4, -0.2) is 55.5 Å². The van der Waals surface area contributed by atoms with Crippen LogP contribution in [0.3, 0.4) is 0 Å². The van der Waals surface area contributed by atoms with Crippen molar-refractivity contribution in [2.24, 2.45) is 0 Å². The number of hydrogen-bond acceptors (Lipinski definition) is 5. The summed E-state index contributed by atoms with van der Waals surface area (Å²) in [4.78, 5) is 12.6. The van der Waals surface area contributed by atoms with E-state index in [-0.39, 0.29) is 5.91 Å². The number of ether oxygens (including phenoxy) is 1. The average Bonchev–Trinajstić information content (AvgIpc) is 2.76. The Bertz CT molecular complexity index is 640. The summed E-state index contributed by atoms with van der Waals surface area (Å²) in [5.41, 5.74) is 4.66. The van der Waals surface area contributed by atoms with Crippen molar-refractivity contribution in [1.82, 2.24) is 10.4 Å². The lowest BCUT2D eigenvalue weighted by molar-refractivity contribution is 0.00578. The van der Waals surface area contributed by atoms with E-state index in [0.29, 0.717) is 31.9 Å². The molecule has 0 atom stereocenters. The summed E-state index contributed by atoms with van der Waals surface area (Å²) >= 11 is 0. The molecule has 0 aliphatic carbocycles. The zero-order valence-corrected chi connectivity index (χ0v) is 15.7. The second kappa shape index (κ2) is 6.72. The molecule has 2 saturated heterocycles. The second-order valence-electron chi connectivity index (χ2n) is 7.70. The molecule has 0 radical (unpaired) electrons. The number of nitrogens with one attached hydrogen (secondary N) is 1. The van der Waals surface area contributed by atoms with Crippen LogP contribution in [0, 0.1) is 6.92 Å². The SMILES string of the molecule is Cc1ccc(C(=O)NN2CCOCC2)cc1B1OC(C)(C)C(C)(C)O1. The first-order valence-electron chi connectivity index (χ1n) is 8.79. The molecule has 7 heteroatoms. The third kappa shape index (κ3) is 3.74. The Labute approximate surface area is 149 Å². The van der Waals surface area contributed by atoms with Crippen LogP contribution in [0.2, 0.25) is 0 Å². The molecule has 0 unspecified atom stereocenters. The summed E-state index contributed by atoms with van der Waals surface area (Å²) in [6.07, 6.45) is 0. The summed E-state index contributed by atoms with van der Waals surface area (Å²) in [5, 5.41) is 1.89. The first-order chi connectivity index (χ1) is 11.7. The minimum atomic E-state index is -0.471. The van der Waals surface area contributed by atoms with Crippen molar-refractivity contribution in [2.45, 2.75) is 45.8 Å². The van der Waals surface area contributed by atoms with Gasteiger partial charge in [0.2, 0.25) is 0 Å². The van der Waals surface area contributed by atoms with Gasteiger partial charge in [-0.1, -0.05) is 11.6 Å². The fourth-order valence-corrected chi connectivity index (χ4v) is 2.89. The predicted octanol–water partition coefficient (Wildman–Crippen LogP) is 1.27. The molecule has 6 nitrogen and oxygen atoms in total. The van der Waals surface area contributed by atoms with Crippen LogP contribution in [0.25, 0.3) is 0 Å². The Kier molecular flexibility index (Phi) is 4.94. The number of amides is 1. The molecule has 0 saturated carbocycles. The molecule has 1 amide bonds. The molecule has 1 N–H and O–H groups in total. The van der Waals surface area contributed by atoms with Crippen LogP contribution in [0.15, 0.2) is 18.2 Å². The highest BCUT2D eigenvalue weighted by molar-refractivity contribution is 6.62. The Morgan fingerprint density at radius 3 is 2.32 bits per heavy atom. The molecule has 1 aromatic rings. The van der Waals surface area contributed by atoms with E-state index in [4.69, 9.17) is 14.0 Å². The third-order valence-electron chi connectivity index (χ3n) is 5.32. The standard InChI is InChI=1S/C18H27BN2O4/c1-13-6-7-14(16(22)20-21-8-10-23-11-9-21)12-15(13)19-24-17(2,3)18(4,5)25-19/h6-7,12H,8-11H2,1-5H3,(H,20,22). The number of carbonyl (C=O) groups excluding carboxylic acids is 1. The van der Waals surface area contributed by atoms with E-state index in [0.717, 1.165) is 11.0 Å². The number of carbonyl (C=O) groups is 1. The lowest BCUT2D eigenvalue weighted by Gasteiger charge is -2.32. The number of nitrogens with zero attached hydrogens (tertiary/aromatic N) is 1. The molecule has 0 spiro atoms. The zero-order chi connectivity index (χ0) is 18.2. The molecule has 25 heavy (non-hydrogen) atoms. The molecular weight excluding hydrogens is 319 g/mol. The molecule has 2 heterocycles. The highest BCUT2D eigenvalue weighted by atomic mass is 16.7. The van der Waals surface area contributed by atoms with Gasteiger partial charge < -0.3 is 14.0 Å². The number of hydrogen-bond donors (Lipinski definition) is 1. The smallest absolute Gasteiger partial charge is 0.399 e. The Morgan fingerprint density at radius 2 is 1.72 bits per heavy atom. The summed E-state index contributed by atoms with van der Waals surface area (Å²) < 4.78 is 17.6. The van der Waals surface area contributed by atoms with E-state index in [1.807, 2.05) is 57.8 Å². The van der Waals surface area contributed by atoms with E-state index in [2.05, 4.69) is 5.43 Å². The van der Waals surface area contributed by atoms with Crippen molar-refractivity contribution in [3.63, 3.8) is 0 Å². The predicted molar refractivity (Wildman–Crippen MR) is 96.8 cm³/mol. The van der Waals surface area contributed by atoms with Crippen LogP contribution in [0.1, 0.15) is 43.6 Å². The number of rotatable bonds is 3. The molecule has 136 valence electrons. The molecule has 2 fully saturated rings. The van der Waals surface area contributed by atoms with E-state index >= 15 is 0 Å². The Hall–Kier alpha value is -1.41. The molecule has 2 aliphatic heterocycles. The van der Waals surface area contributed by atoms with Gasteiger partial charge in [-0.3, -0.25) is 10.2 Å². The van der Waals surface area contributed by atoms with Crippen molar-refractivity contribution in [2.75, 3.05) is 26.3 Å². The summed E-state index contributed by atoms with van der Waals surface area (Å²) in [7, 11) is -0.471. The van der Waals surface area contributed by atoms with Crippen LogP contribution < -0.4 is 10.9 Å². The highest BCUT2D eigenvalue weighted by Crippen LogP contribution is 2.36. The van der Waals surface area contributed by atoms with Gasteiger partial charge in [-0.2, -0.15) is 0 Å². The van der Waals surface area contributed by atoms with Gasteiger partial charge >= 0.3 is 7.12 Å². The highest BCUT2D eigenvalue weighted by Gasteiger charge is 2.52. The first-order valence-corrected chi connectivity index (χ1v) is 8.79. The largest absolute Gasteiger partial charge is 0.495 e. The first kappa shape index (κ1) is 18.4. The minimum absolute atomic E-state index is 0.125. The number of morpholine rings is 1. The van der Waals surface area contributed by atoms with Gasteiger partial charge in [0.1, 0.15) is 0 Å². The van der Waals surface area contributed by atoms with Gasteiger partial charge in [-0.15, -0.1) is 0 Å². The number of aryl methyl sites for hydroxylation is 1. The Balaban J connectivity index is 1.78. The van der Waals surface area contributed by atoms with Gasteiger partial charge in [0.05, 0.1) is 24.4 Å². The van der Waals surface area contributed by atoms with Crippen LogP contribution in [-0.2, 0) is 14.0 Å². The fourth-order valence-electron chi connectivity index (χ4n) is 2.89. The summed E-state index contributed by atoms with van der Waals surface area (Å²) in [6.45, 7) is 12.8. The van der Waals surface area contributed by atoms with Crippen LogP contribution >= 0.6 is 0 Å². The topological polar surface area (TPSA) is 60.0 Å². The van der Waals surface area contributed by atoms with Gasteiger partial charge in [0, 0.05) is 18.7 Å². The van der Waals surface area contributed by atoms with E-state index < -0.39 is 18.3 Å². The lowest BCUT2D eigenvalue weighted by Crippen LogP contribution is -2.48. The maximum Gasteiger partial charge on any atom is 0.495 e. The van der Waals surface area contributed by atoms with Crippen molar-refractivity contribution in [1.29, 1.82) is 0 Å². The van der Waals surface area contributed by atoms with E-state index in [1.165, 1.54) is 0 Å². The van der Waals surface area contributed by atoms with Gasteiger partial charge in [0.25, 0.3) is 5.91 Å². The normalized spacial score (nSPS) is 22.8. The van der Waals surface area contributed by atoms with Gasteiger partial charge in [0.15, 0.2) is 0 Å². The Morgan fingerprint density at radius 1 is 1.12 bits per heavy atom. The van der Waals surface area contributed by atoms with E-state index in [9.17, 15) is 4.79 Å². The zero-order valence-electron chi connectivity index (χ0n) is 15.7. The minimum Gasteiger partial charge on any atom is -0.399 e. The van der Waals surface area contributed by atoms with Gasteiger partial charge in [-0.05, 0) is 52.2 Å². The quantitative estimate of drug-likeness (QED) is 0.836.